The molecule has 3 heteroatoms. The third-order valence-corrected chi connectivity index (χ3v) is 4.95. The molecular weight excluding hydrogens is 356 g/mol. The number of nitrogens with zero attached hydrogens (tertiary/aromatic N) is 1. The minimum Gasteiger partial charge on any atom is -0.272 e. The molecule has 0 aliphatic carbocycles. The first-order valence-electron chi connectivity index (χ1n) is 10.3. The predicted molar refractivity (Wildman–Crippen MR) is 120 cm³/mol. The van der Waals surface area contributed by atoms with E-state index in [4.69, 9.17) is 0 Å². The Morgan fingerprint density at radius 2 is 1.31 bits per heavy atom. The quantitative estimate of drug-likeness (QED) is 0.278. The number of hydrogen-bond donors (Lipinski definition) is 1. The molecule has 148 valence electrons. The van der Waals surface area contributed by atoms with E-state index in [1.807, 2.05) is 91.0 Å². The molecule has 1 N–H and O–H groups in total. The van der Waals surface area contributed by atoms with Crippen LogP contribution in [0.25, 0.3) is 0 Å². The lowest BCUT2D eigenvalue weighted by molar-refractivity contribution is -0.121. The van der Waals surface area contributed by atoms with Crippen molar-refractivity contribution in [3.63, 3.8) is 0 Å². The van der Waals surface area contributed by atoms with E-state index >= 15 is 0 Å². The molecule has 0 aliphatic rings. The first kappa shape index (κ1) is 20.5. The zero-order valence-electron chi connectivity index (χ0n) is 16.9. The zero-order chi connectivity index (χ0) is 20.3. The number of nitrogens with one attached hydrogen (secondary N) is 1. The van der Waals surface area contributed by atoms with Gasteiger partial charge in [-0.1, -0.05) is 111 Å². The minimum atomic E-state index is -0.395. The molecule has 0 aliphatic heterocycles. The van der Waals surface area contributed by atoms with Gasteiger partial charge in [0.25, 0.3) is 5.91 Å². The molecule has 3 rings (SSSR count). The first-order valence-corrected chi connectivity index (χ1v) is 10.3. The number of hydrogen-bond acceptors (Lipinski definition) is 2. The summed E-state index contributed by atoms with van der Waals surface area (Å²) in [6.07, 6.45) is 4.20. The molecule has 0 saturated carbocycles. The number of carbonyl (C=O) groups excluding carboxylic acids is 1. The smallest absolute Gasteiger partial charge is 0.252 e. The molecule has 0 radical (unpaired) electrons. The highest BCUT2D eigenvalue weighted by Crippen LogP contribution is 2.24. The second kappa shape index (κ2) is 11.0. The summed E-state index contributed by atoms with van der Waals surface area (Å²) in [7, 11) is 0. The van der Waals surface area contributed by atoms with Gasteiger partial charge in [0.05, 0.1) is 11.6 Å². The van der Waals surface area contributed by atoms with Crippen LogP contribution >= 0.6 is 0 Å². The summed E-state index contributed by atoms with van der Waals surface area (Å²) in [6.45, 7) is 2.19. The van der Waals surface area contributed by atoms with E-state index in [2.05, 4.69) is 17.5 Å². The lowest BCUT2D eigenvalue weighted by Crippen LogP contribution is -2.27. The van der Waals surface area contributed by atoms with Crippen molar-refractivity contribution in [3.05, 3.63) is 108 Å². The van der Waals surface area contributed by atoms with Gasteiger partial charge in [0.1, 0.15) is 0 Å². The SMILES string of the molecule is CCCCC/C(=N\NC(=O)C(c1ccccc1)c1ccccc1)c1ccccc1. The van der Waals surface area contributed by atoms with E-state index in [1.165, 1.54) is 0 Å². The fourth-order valence-corrected chi connectivity index (χ4v) is 3.41. The van der Waals surface area contributed by atoms with Crippen LogP contribution in [0.5, 0.6) is 0 Å². The van der Waals surface area contributed by atoms with Gasteiger partial charge in [-0.2, -0.15) is 5.10 Å². The fraction of sp³-hybridized carbons (Fsp3) is 0.231. The molecular formula is C26H28N2O. The van der Waals surface area contributed by atoms with E-state index in [-0.39, 0.29) is 5.91 Å². The number of hydrazone groups is 1. The Morgan fingerprint density at radius 3 is 1.83 bits per heavy atom. The van der Waals surface area contributed by atoms with Crippen molar-refractivity contribution >= 4 is 11.6 Å². The summed E-state index contributed by atoms with van der Waals surface area (Å²) in [5, 5.41) is 4.55. The van der Waals surface area contributed by atoms with Crippen LogP contribution in [0.4, 0.5) is 0 Å². The highest BCUT2D eigenvalue weighted by atomic mass is 16.2. The van der Waals surface area contributed by atoms with Crippen LogP contribution < -0.4 is 5.43 Å². The van der Waals surface area contributed by atoms with Crippen LogP contribution in [0.15, 0.2) is 96.1 Å². The topological polar surface area (TPSA) is 41.5 Å². The van der Waals surface area contributed by atoms with Gasteiger partial charge in [-0.3, -0.25) is 4.79 Å². The van der Waals surface area contributed by atoms with E-state index in [1.54, 1.807) is 0 Å². The fourth-order valence-electron chi connectivity index (χ4n) is 3.41. The molecule has 29 heavy (non-hydrogen) atoms. The van der Waals surface area contributed by atoms with Crippen LogP contribution in [0.1, 0.15) is 55.2 Å². The van der Waals surface area contributed by atoms with Crippen LogP contribution in [-0.2, 0) is 4.79 Å². The van der Waals surface area contributed by atoms with E-state index in [9.17, 15) is 4.79 Å². The molecule has 0 aromatic heterocycles. The van der Waals surface area contributed by atoms with Gasteiger partial charge in [-0.15, -0.1) is 0 Å². The number of benzene rings is 3. The summed E-state index contributed by atoms with van der Waals surface area (Å²) < 4.78 is 0. The average Bonchev–Trinajstić information content (AvgIpc) is 2.78. The molecule has 3 aromatic carbocycles. The van der Waals surface area contributed by atoms with Gasteiger partial charge in [-0.25, -0.2) is 5.43 Å². The third kappa shape index (κ3) is 5.89. The molecule has 0 heterocycles. The number of unbranched alkanes of at least 4 members (excludes halogenated alkanes) is 2. The Hall–Kier alpha value is -3.20. The van der Waals surface area contributed by atoms with Crippen LogP contribution in [0, 0.1) is 0 Å². The molecule has 0 unspecified atom stereocenters. The highest BCUT2D eigenvalue weighted by Gasteiger charge is 2.22. The molecule has 0 fully saturated rings. The van der Waals surface area contributed by atoms with Gasteiger partial charge in [0.15, 0.2) is 0 Å². The first-order chi connectivity index (χ1) is 14.3. The van der Waals surface area contributed by atoms with Crippen LogP contribution in [0.3, 0.4) is 0 Å². The van der Waals surface area contributed by atoms with E-state index < -0.39 is 5.92 Å². The standard InChI is InChI=1S/C26H28N2O/c1-2-3-7-20-24(21-14-8-4-9-15-21)27-28-26(29)25(22-16-10-5-11-17-22)23-18-12-6-13-19-23/h4-6,8-19,25H,2-3,7,20H2,1H3,(H,28,29)/b27-24+. The highest BCUT2D eigenvalue weighted by molar-refractivity contribution is 6.01. The monoisotopic (exact) mass is 384 g/mol. The van der Waals surface area contributed by atoms with Crippen LogP contribution in [0.2, 0.25) is 0 Å². The third-order valence-electron chi connectivity index (χ3n) is 4.95. The maximum Gasteiger partial charge on any atom is 0.252 e. The second-order valence-electron chi connectivity index (χ2n) is 7.11. The van der Waals surface area contributed by atoms with Crippen molar-refractivity contribution in [2.24, 2.45) is 5.10 Å². The number of amides is 1. The molecule has 0 spiro atoms. The predicted octanol–water partition coefficient (Wildman–Crippen LogP) is 5.92. The van der Waals surface area contributed by atoms with Crippen molar-refractivity contribution in [2.45, 2.75) is 38.5 Å². The summed E-state index contributed by atoms with van der Waals surface area (Å²) in [4.78, 5) is 13.2. The van der Waals surface area contributed by atoms with Crippen molar-refractivity contribution in [2.75, 3.05) is 0 Å². The summed E-state index contributed by atoms with van der Waals surface area (Å²) in [5.74, 6) is -0.514. The van der Waals surface area contributed by atoms with Gasteiger partial charge in [0, 0.05) is 0 Å². The molecule has 3 aromatic rings. The van der Waals surface area contributed by atoms with Crippen molar-refractivity contribution in [1.29, 1.82) is 0 Å². The molecule has 3 nitrogen and oxygen atoms in total. The second-order valence-corrected chi connectivity index (χ2v) is 7.11. The van der Waals surface area contributed by atoms with Crippen molar-refractivity contribution < 1.29 is 4.79 Å². The number of rotatable bonds is 9. The lowest BCUT2D eigenvalue weighted by atomic mass is 9.91. The van der Waals surface area contributed by atoms with Gasteiger partial charge in [0.2, 0.25) is 0 Å². The normalized spacial score (nSPS) is 11.4. The maximum absolute atomic E-state index is 13.2. The summed E-state index contributed by atoms with van der Waals surface area (Å²) in [5.41, 5.74) is 6.75. The average molecular weight is 385 g/mol. The lowest BCUT2D eigenvalue weighted by Gasteiger charge is -2.17. The van der Waals surface area contributed by atoms with Gasteiger partial charge >= 0.3 is 0 Å². The zero-order valence-corrected chi connectivity index (χ0v) is 16.9. The summed E-state index contributed by atoms with van der Waals surface area (Å²) in [6, 6.07) is 29.8. The van der Waals surface area contributed by atoms with Gasteiger partial charge < -0.3 is 0 Å². The molecule has 0 atom stereocenters. The Kier molecular flexibility index (Phi) is 7.76. The van der Waals surface area contributed by atoms with Gasteiger partial charge in [-0.05, 0) is 29.5 Å². The Morgan fingerprint density at radius 1 is 0.793 bits per heavy atom. The molecule has 0 saturated heterocycles. The molecule has 0 bridgehead atoms. The molecule has 1 amide bonds. The Bertz CT molecular complexity index is 866. The summed E-state index contributed by atoms with van der Waals surface area (Å²) >= 11 is 0. The number of carbonyl (C=O) groups is 1. The Labute approximate surface area is 173 Å². The van der Waals surface area contributed by atoms with Crippen molar-refractivity contribution in [3.8, 4) is 0 Å². The largest absolute Gasteiger partial charge is 0.272 e. The van der Waals surface area contributed by atoms with Crippen molar-refractivity contribution in [1.82, 2.24) is 5.43 Å². The van der Waals surface area contributed by atoms with E-state index in [0.717, 1.165) is 48.1 Å². The van der Waals surface area contributed by atoms with E-state index in [0.29, 0.717) is 0 Å². The maximum atomic E-state index is 13.2. The Balaban J connectivity index is 1.85. The van der Waals surface area contributed by atoms with Crippen LogP contribution in [-0.4, -0.2) is 11.6 Å². The minimum absolute atomic E-state index is 0.119.